The van der Waals surface area contributed by atoms with Gasteiger partial charge in [0.15, 0.2) is 5.96 Å². The smallest absolute Gasteiger partial charge is 0.242 e. The first-order valence-corrected chi connectivity index (χ1v) is 10.8. The van der Waals surface area contributed by atoms with Gasteiger partial charge >= 0.3 is 0 Å². The summed E-state index contributed by atoms with van der Waals surface area (Å²) in [6, 6.07) is 7.26. The van der Waals surface area contributed by atoms with Gasteiger partial charge in [0, 0.05) is 26.7 Å². The van der Waals surface area contributed by atoms with Crippen LogP contribution in [0.5, 0.6) is 0 Å². The van der Waals surface area contributed by atoms with E-state index in [0.29, 0.717) is 17.5 Å². The predicted molar refractivity (Wildman–Crippen MR) is 109 cm³/mol. The summed E-state index contributed by atoms with van der Waals surface area (Å²) < 4.78 is 25.4. The fourth-order valence-electron chi connectivity index (χ4n) is 2.47. The van der Waals surface area contributed by atoms with Gasteiger partial charge in [-0.3, -0.25) is 0 Å². The number of hydrogen-bond donors (Lipinski definition) is 2. The summed E-state index contributed by atoms with van der Waals surface area (Å²) in [4.78, 5) is 4.91. The van der Waals surface area contributed by atoms with Gasteiger partial charge in [0.2, 0.25) is 10.0 Å². The zero-order chi connectivity index (χ0) is 19.6. The minimum atomic E-state index is -3.39. The SMILES string of the molecule is CCCCCC(C)NC(=NCc1ccc(S(=O)(=O)N(C)C)cc1)NCC. The van der Waals surface area contributed by atoms with Crippen LogP contribution in [-0.4, -0.2) is 45.4 Å². The second-order valence-electron chi connectivity index (χ2n) is 6.67. The Morgan fingerprint density at radius 2 is 1.81 bits per heavy atom. The third kappa shape index (κ3) is 7.33. The van der Waals surface area contributed by atoms with Gasteiger partial charge < -0.3 is 10.6 Å². The lowest BCUT2D eigenvalue weighted by molar-refractivity contribution is 0.520. The van der Waals surface area contributed by atoms with E-state index in [9.17, 15) is 8.42 Å². The molecule has 0 saturated carbocycles. The molecule has 0 amide bonds. The zero-order valence-electron chi connectivity index (χ0n) is 16.7. The number of unbranched alkanes of at least 4 members (excludes halogenated alkanes) is 2. The lowest BCUT2D eigenvalue weighted by Crippen LogP contribution is -2.42. The monoisotopic (exact) mass is 382 g/mol. The summed E-state index contributed by atoms with van der Waals surface area (Å²) in [5.41, 5.74) is 0.971. The molecule has 0 aliphatic carbocycles. The molecule has 0 aliphatic heterocycles. The van der Waals surface area contributed by atoms with Gasteiger partial charge in [-0.05, 0) is 38.0 Å². The lowest BCUT2D eigenvalue weighted by atomic mass is 10.1. The predicted octanol–water partition coefficient (Wildman–Crippen LogP) is 2.96. The number of benzene rings is 1. The summed E-state index contributed by atoms with van der Waals surface area (Å²) in [5.74, 6) is 0.793. The number of nitrogens with zero attached hydrogens (tertiary/aromatic N) is 2. The minimum Gasteiger partial charge on any atom is -0.357 e. The van der Waals surface area contributed by atoms with Crippen LogP contribution in [0.25, 0.3) is 0 Å². The molecule has 7 heteroatoms. The van der Waals surface area contributed by atoms with Crippen molar-refractivity contribution < 1.29 is 8.42 Å². The third-order valence-electron chi connectivity index (χ3n) is 4.09. The van der Waals surface area contributed by atoms with E-state index in [0.717, 1.165) is 24.5 Å². The van der Waals surface area contributed by atoms with E-state index in [-0.39, 0.29) is 0 Å². The second-order valence-corrected chi connectivity index (χ2v) is 8.82. The molecular formula is C19H34N4O2S. The Balaban J connectivity index is 2.71. The molecule has 2 N–H and O–H groups in total. The molecule has 0 saturated heterocycles. The maximum Gasteiger partial charge on any atom is 0.242 e. The molecule has 6 nitrogen and oxygen atoms in total. The average molecular weight is 383 g/mol. The first-order valence-electron chi connectivity index (χ1n) is 9.37. The van der Waals surface area contributed by atoms with Crippen molar-refractivity contribution >= 4 is 16.0 Å². The van der Waals surface area contributed by atoms with E-state index in [1.165, 1.54) is 37.7 Å². The average Bonchev–Trinajstić information content (AvgIpc) is 2.60. The van der Waals surface area contributed by atoms with Crippen molar-refractivity contribution in [3.05, 3.63) is 29.8 Å². The number of hydrogen-bond acceptors (Lipinski definition) is 3. The summed E-state index contributed by atoms with van der Waals surface area (Å²) in [5, 5.41) is 6.70. The quantitative estimate of drug-likeness (QED) is 0.371. The molecule has 26 heavy (non-hydrogen) atoms. The van der Waals surface area contributed by atoms with Gasteiger partial charge in [-0.2, -0.15) is 0 Å². The Hall–Kier alpha value is -1.60. The fourth-order valence-corrected chi connectivity index (χ4v) is 3.38. The number of aliphatic imine (C=N–C) groups is 1. The van der Waals surface area contributed by atoms with Crippen LogP contribution in [0.4, 0.5) is 0 Å². The lowest BCUT2D eigenvalue weighted by Gasteiger charge is -2.17. The van der Waals surface area contributed by atoms with Crippen molar-refractivity contribution in [2.24, 2.45) is 4.99 Å². The van der Waals surface area contributed by atoms with Gasteiger partial charge in [-0.25, -0.2) is 17.7 Å². The number of sulfonamides is 1. The highest BCUT2D eigenvalue weighted by atomic mass is 32.2. The highest BCUT2D eigenvalue weighted by Crippen LogP contribution is 2.14. The molecule has 0 radical (unpaired) electrons. The van der Waals surface area contributed by atoms with Gasteiger partial charge in [0.25, 0.3) is 0 Å². The van der Waals surface area contributed by atoms with Gasteiger partial charge in [0.1, 0.15) is 0 Å². The number of rotatable bonds is 10. The Kier molecular flexibility index (Phi) is 9.65. The summed E-state index contributed by atoms with van der Waals surface area (Å²) in [7, 11) is -0.325. The van der Waals surface area contributed by atoms with E-state index < -0.39 is 10.0 Å². The molecule has 0 heterocycles. The normalized spacial score (nSPS) is 13.7. The molecular weight excluding hydrogens is 348 g/mol. The van der Waals surface area contributed by atoms with Crippen LogP contribution in [0.1, 0.15) is 52.0 Å². The first-order chi connectivity index (χ1) is 12.3. The van der Waals surface area contributed by atoms with E-state index in [4.69, 9.17) is 0 Å². The largest absolute Gasteiger partial charge is 0.357 e. The van der Waals surface area contributed by atoms with E-state index >= 15 is 0 Å². The minimum absolute atomic E-state index is 0.296. The van der Waals surface area contributed by atoms with Crippen LogP contribution in [0, 0.1) is 0 Å². The van der Waals surface area contributed by atoms with Crippen molar-refractivity contribution in [2.75, 3.05) is 20.6 Å². The van der Waals surface area contributed by atoms with Crippen LogP contribution >= 0.6 is 0 Å². The van der Waals surface area contributed by atoms with E-state index in [2.05, 4.69) is 29.5 Å². The van der Waals surface area contributed by atoms with Crippen LogP contribution < -0.4 is 10.6 Å². The van der Waals surface area contributed by atoms with Gasteiger partial charge in [-0.1, -0.05) is 38.3 Å². The molecule has 0 fully saturated rings. The molecule has 1 rings (SSSR count). The number of nitrogens with one attached hydrogen (secondary N) is 2. The van der Waals surface area contributed by atoms with Crippen LogP contribution in [0.15, 0.2) is 34.2 Å². The molecule has 1 atom stereocenters. The Morgan fingerprint density at radius 1 is 1.15 bits per heavy atom. The Morgan fingerprint density at radius 3 is 2.35 bits per heavy atom. The maximum atomic E-state index is 12.1. The maximum absolute atomic E-state index is 12.1. The fraction of sp³-hybridized carbons (Fsp3) is 0.632. The van der Waals surface area contributed by atoms with Crippen LogP contribution in [0.3, 0.4) is 0 Å². The number of guanidine groups is 1. The summed E-state index contributed by atoms with van der Waals surface area (Å²) in [6.07, 6.45) is 4.81. The standard InChI is InChI=1S/C19H34N4O2S/c1-6-8-9-10-16(3)22-19(20-7-2)21-15-17-11-13-18(14-12-17)26(24,25)23(4)5/h11-14,16H,6-10,15H2,1-5H3,(H2,20,21,22). The summed E-state index contributed by atoms with van der Waals surface area (Å²) in [6.45, 7) is 7.72. The molecule has 148 valence electrons. The highest BCUT2D eigenvalue weighted by Gasteiger charge is 2.16. The Labute approximate surface area is 159 Å². The Bertz CT molecular complexity index is 655. The zero-order valence-corrected chi connectivity index (χ0v) is 17.6. The molecule has 1 unspecified atom stereocenters. The molecule has 0 aliphatic rings. The van der Waals surface area contributed by atoms with E-state index in [1.54, 1.807) is 12.1 Å². The van der Waals surface area contributed by atoms with Crippen molar-refractivity contribution in [3.63, 3.8) is 0 Å². The van der Waals surface area contributed by atoms with Crippen LogP contribution in [0.2, 0.25) is 0 Å². The molecule has 0 bridgehead atoms. The van der Waals surface area contributed by atoms with E-state index in [1.807, 2.05) is 19.1 Å². The molecule has 1 aromatic rings. The van der Waals surface area contributed by atoms with Crippen molar-refractivity contribution in [1.82, 2.24) is 14.9 Å². The van der Waals surface area contributed by atoms with Gasteiger partial charge in [-0.15, -0.1) is 0 Å². The molecule has 0 spiro atoms. The van der Waals surface area contributed by atoms with Crippen molar-refractivity contribution in [1.29, 1.82) is 0 Å². The first kappa shape index (κ1) is 22.4. The third-order valence-corrected chi connectivity index (χ3v) is 5.92. The van der Waals surface area contributed by atoms with Crippen LogP contribution in [-0.2, 0) is 16.6 Å². The molecule has 1 aromatic carbocycles. The van der Waals surface area contributed by atoms with Crippen molar-refractivity contribution in [2.45, 2.75) is 63.9 Å². The summed E-state index contributed by atoms with van der Waals surface area (Å²) >= 11 is 0. The van der Waals surface area contributed by atoms with Gasteiger partial charge in [0.05, 0.1) is 11.4 Å². The second kappa shape index (κ2) is 11.2. The van der Waals surface area contributed by atoms with Crippen molar-refractivity contribution in [3.8, 4) is 0 Å². The molecule has 0 aromatic heterocycles. The highest BCUT2D eigenvalue weighted by molar-refractivity contribution is 7.89. The topological polar surface area (TPSA) is 73.8 Å².